The van der Waals surface area contributed by atoms with Gasteiger partial charge in [-0.25, -0.2) is 8.78 Å². The van der Waals surface area contributed by atoms with Gasteiger partial charge < -0.3 is 9.29 Å². The van der Waals surface area contributed by atoms with Crippen LogP contribution >= 0.6 is 0 Å². The van der Waals surface area contributed by atoms with Gasteiger partial charge in [-0.3, -0.25) is 0 Å². The Morgan fingerprint density at radius 2 is 2.16 bits per heavy atom. The van der Waals surface area contributed by atoms with Crippen LogP contribution in [-0.4, -0.2) is 21.4 Å². The molecule has 25 heavy (non-hydrogen) atoms. The Bertz CT molecular complexity index is 719. The van der Waals surface area contributed by atoms with Crippen LogP contribution in [0.2, 0.25) is 0 Å². The van der Waals surface area contributed by atoms with E-state index in [4.69, 9.17) is 10.3 Å². The van der Waals surface area contributed by atoms with Crippen LogP contribution in [0.1, 0.15) is 51.8 Å². The molecule has 0 saturated carbocycles. The van der Waals surface area contributed by atoms with Gasteiger partial charge in [0.2, 0.25) is 0 Å². The Labute approximate surface area is 148 Å². The summed E-state index contributed by atoms with van der Waals surface area (Å²) in [4.78, 5) is 2.71. The highest BCUT2D eigenvalue weighted by Crippen LogP contribution is 2.43. The molecule has 2 unspecified atom stereocenters. The van der Waals surface area contributed by atoms with Crippen molar-refractivity contribution >= 4 is 11.4 Å². The zero-order valence-corrected chi connectivity index (χ0v) is 15.7. The lowest BCUT2D eigenvalue weighted by Gasteiger charge is -2.28. The molecule has 0 saturated heterocycles. The molecule has 3 atom stereocenters. The fourth-order valence-corrected chi connectivity index (χ4v) is 3.47. The number of ether oxygens (including phenoxy) is 1. The molecule has 6 nitrogen and oxygen atoms in total. The minimum absolute atomic E-state index is 0.00253. The summed E-state index contributed by atoms with van der Waals surface area (Å²) in [7, 11) is 0. The van der Waals surface area contributed by atoms with Gasteiger partial charge in [0.05, 0.1) is 18.2 Å². The van der Waals surface area contributed by atoms with Gasteiger partial charge in [-0.1, -0.05) is 5.11 Å². The van der Waals surface area contributed by atoms with Crippen molar-refractivity contribution in [1.29, 1.82) is 0 Å². The lowest BCUT2D eigenvalue weighted by Crippen LogP contribution is -2.41. The van der Waals surface area contributed by atoms with Crippen LogP contribution in [0.4, 0.5) is 8.78 Å². The van der Waals surface area contributed by atoms with Crippen molar-refractivity contribution in [2.24, 2.45) is 5.11 Å². The summed E-state index contributed by atoms with van der Waals surface area (Å²) in [6, 6.07) is 0.370. The third kappa shape index (κ3) is 4.17. The van der Waals surface area contributed by atoms with Crippen molar-refractivity contribution in [3.05, 3.63) is 39.3 Å². The van der Waals surface area contributed by atoms with Gasteiger partial charge in [-0.2, -0.15) is 0 Å². The summed E-state index contributed by atoms with van der Waals surface area (Å²) >= 11 is -1.46. The average Bonchev–Trinajstić information content (AvgIpc) is 2.81. The Balaban J connectivity index is 2.39. The van der Waals surface area contributed by atoms with Crippen molar-refractivity contribution < 1.29 is 18.1 Å². The topological polar surface area (TPSA) is 93.1 Å². The van der Waals surface area contributed by atoms with E-state index in [2.05, 4.69) is 14.7 Å². The van der Waals surface area contributed by atoms with Gasteiger partial charge in [0.15, 0.2) is 11.6 Å². The fraction of sp³-hybridized carbons (Fsp3) is 0.625. The maximum Gasteiger partial charge on any atom is 0.167 e. The molecule has 0 fully saturated rings. The van der Waals surface area contributed by atoms with Gasteiger partial charge in [0.25, 0.3) is 0 Å². The molecule has 1 N–H and O–H groups in total. The van der Waals surface area contributed by atoms with Crippen LogP contribution < -0.4 is 9.46 Å². The Kier molecular flexibility index (Phi) is 5.53. The molecular formula is C16H22F2N4O2S. The summed E-state index contributed by atoms with van der Waals surface area (Å²) in [5.41, 5.74) is 8.13. The predicted octanol–water partition coefficient (Wildman–Crippen LogP) is 4.08. The molecule has 2 rings (SSSR count). The van der Waals surface area contributed by atoms with Gasteiger partial charge in [-0.05, 0) is 46.2 Å². The van der Waals surface area contributed by atoms with E-state index in [1.807, 2.05) is 0 Å². The van der Waals surface area contributed by atoms with Crippen LogP contribution in [0.25, 0.3) is 10.4 Å². The number of benzene rings is 1. The minimum atomic E-state index is -1.46. The lowest BCUT2D eigenvalue weighted by atomic mass is 9.97. The molecule has 0 aliphatic carbocycles. The molecule has 138 valence electrons. The van der Waals surface area contributed by atoms with Crippen LogP contribution in [0.5, 0.6) is 5.75 Å². The molecular weight excluding hydrogens is 350 g/mol. The molecule has 9 heteroatoms. The quantitative estimate of drug-likeness (QED) is 0.365. The Hall–Kier alpha value is -1.54. The highest BCUT2D eigenvalue weighted by atomic mass is 32.2. The van der Waals surface area contributed by atoms with Gasteiger partial charge >= 0.3 is 0 Å². The molecule has 1 aliphatic heterocycles. The van der Waals surface area contributed by atoms with Crippen molar-refractivity contribution in [2.45, 2.75) is 57.4 Å². The third-order valence-corrected chi connectivity index (χ3v) is 5.62. The zero-order valence-electron chi connectivity index (χ0n) is 14.9. The fourth-order valence-electron chi connectivity index (χ4n) is 2.67. The van der Waals surface area contributed by atoms with Crippen LogP contribution in [-0.2, 0) is 17.8 Å². The molecule has 0 aromatic heterocycles. The van der Waals surface area contributed by atoms with E-state index in [1.165, 1.54) is 0 Å². The molecule has 0 spiro atoms. The molecule has 0 amide bonds. The van der Waals surface area contributed by atoms with Crippen molar-refractivity contribution in [1.82, 2.24) is 4.72 Å². The first-order valence-corrected chi connectivity index (χ1v) is 9.02. The van der Waals surface area contributed by atoms with Gasteiger partial charge in [0.1, 0.15) is 16.1 Å². The van der Waals surface area contributed by atoms with Gasteiger partial charge in [0, 0.05) is 28.3 Å². The molecule has 0 radical (unpaired) electrons. The summed E-state index contributed by atoms with van der Waals surface area (Å²) < 4.78 is 48.9. The lowest BCUT2D eigenvalue weighted by molar-refractivity contribution is 0.123. The van der Waals surface area contributed by atoms with Crippen LogP contribution in [0.15, 0.2) is 11.2 Å². The average molecular weight is 372 g/mol. The smallest absolute Gasteiger partial charge is 0.167 e. The van der Waals surface area contributed by atoms with Crippen LogP contribution in [0.3, 0.4) is 0 Å². The summed E-state index contributed by atoms with van der Waals surface area (Å²) in [6.45, 7) is 8.70. The molecule has 1 aromatic rings. The van der Waals surface area contributed by atoms with E-state index in [1.54, 1.807) is 34.6 Å². The second-order valence-corrected chi connectivity index (χ2v) is 9.41. The minimum Gasteiger partial charge on any atom is -0.598 e. The van der Waals surface area contributed by atoms with Crippen molar-refractivity contribution in [2.75, 3.05) is 6.54 Å². The van der Waals surface area contributed by atoms with Crippen molar-refractivity contribution in [3.63, 3.8) is 0 Å². The first-order chi connectivity index (χ1) is 11.5. The number of azide groups is 1. The number of nitrogens with one attached hydrogen (secondary N) is 1. The number of nitrogens with zero attached hydrogens (tertiary/aromatic N) is 3. The highest BCUT2D eigenvalue weighted by Gasteiger charge is 2.40. The molecule has 0 bridgehead atoms. The molecule has 1 aromatic carbocycles. The van der Waals surface area contributed by atoms with E-state index in [0.29, 0.717) is 12.0 Å². The standard InChI is InChI=1S/C16H22F2N4O2S/c1-9(21-25(23)15(2,3)4)12-13(18)11(17)6-10-7-16(5,8-20-22-19)24-14(10)12/h6,9,21H,7-8H2,1-5H3/t9?,16?,25-/m1/s1. The van der Waals surface area contributed by atoms with E-state index < -0.39 is 39.4 Å². The Morgan fingerprint density at radius 3 is 2.72 bits per heavy atom. The maximum atomic E-state index is 14.5. The zero-order chi connectivity index (χ0) is 19.0. The van der Waals surface area contributed by atoms with E-state index in [-0.39, 0.29) is 17.9 Å². The number of rotatable bonds is 5. The number of hydrogen-bond donors (Lipinski definition) is 1. The van der Waals surface area contributed by atoms with E-state index >= 15 is 0 Å². The normalized spacial score (nSPS) is 21.9. The highest BCUT2D eigenvalue weighted by molar-refractivity contribution is 7.90. The second kappa shape index (κ2) is 6.99. The molecule has 1 heterocycles. The predicted molar refractivity (Wildman–Crippen MR) is 92.6 cm³/mol. The monoisotopic (exact) mass is 372 g/mol. The van der Waals surface area contributed by atoms with E-state index in [0.717, 1.165) is 6.07 Å². The summed E-state index contributed by atoms with van der Waals surface area (Å²) in [5.74, 6) is -1.79. The number of fused-ring (bicyclic) bond motifs is 1. The largest absolute Gasteiger partial charge is 0.598 e. The third-order valence-electron chi connectivity index (χ3n) is 3.94. The maximum absolute atomic E-state index is 14.5. The molecule has 1 aliphatic rings. The first-order valence-electron chi connectivity index (χ1n) is 7.87. The summed E-state index contributed by atoms with van der Waals surface area (Å²) in [5, 5.41) is 3.51. The SMILES string of the molecule is CC(N[S@+]([O-])C(C)(C)C)c1c(F)c(F)cc2c1OC(C)(CN=[N+]=[N-])C2. The number of halogens is 2. The first kappa shape index (κ1) is 19.8. The van der Waals surface area contributed by atoms with Crippen molar-refractivity contribution in [3.8, 4) is 5.75 Å². The van der Waals surface area contributed by atoms with E-state index in [9.17, 15) is 13.3 Å². The second-order valence-electron chi connectivity index (χ2n) is 7.41. The Morgan fingerprint density at radius 1 is 1.52 bits per heavy atom. The summed E-state index contributed by atoms with van der Waals surface area (Å²) in [6.07, 6.45) is 0.292. The van der Waals surface area contributed by atoms with Gasteiger partial charge in [-0.15, -0.1) is 4.72 Å². The van der Waals surface area contributed by atoms with Crippen LogP contribution in [0, 0.1) is 11.6 Å². The number of hydrogen-bond acceptors (Lipinski definition) is 4.